The number of benzene rings is 2. The molecule has 2 rings (SSSR count). The van der Waals surface area contributed by atoms with Gasteiger partial charge in [-0.05, 0) is 45.0 Å². The molecule has 0 saturated heterocycles. The molecule has 3 heteroatoms. The number of anilines is 2. The molecule has 2 aromatic carbocycles. The topological polar surface area (TPSA) is 3.24 Å². The standard InChI is InChI=1S/C20H29N2.BrH/c1-4-22(5-2,6-3)18-17-21(19-13-9-7-10-14-19)20-15-11-8-12-16-20;/h7-16H,4-6,17-18H2,1-3H3;1H/q+1;/p-1. The molecule has 0 saturated carbocycles. The van der Waals surface area contributed by atoms with Crippen molar-refractivity contribution in [2.75, 3.05) is 37.6 Å². The highest BCUT2D eigenvalue weighted by molar-refractivity contribution is 5.62. The number of hydrogen-bond donors (Lipinski definition) is 0. The Morgan fingerprint density at radius 2 is 1.09 bits per heavy atom. The first-order valence-electron chi connectivity index (χ1n) is 8.47. The Labute approximate surface area is 152 Å². The lowest BCUT2D eigenvalue weighted by molar-refractivity contribution is -0.921. The summed E-state index contributed by atoms with van der Waals surface area (Å²) in [5, 5.41) is 0. The van der Waals surface area contributed by atoms with Crippen LogP contribution in [0, 0.1) is 0 Å². The third kappa shape index (κ3) is 5.08. The van der Waals surface area contributed by atoms with Gasteiger partial charge in [-0.25, -0.2) is 0 Å². The number of hydrogen-bond acceptors (Lipinski definition) is 1. The molecule has 23 heavy (non-hydrogen) atoms. The lowest BCUT2D eigenvalue weighted by atomic mass is 10.2. The molecule has 0 aliphatic carbocycles. The van der Waals surface area contributed by atoms with Crippen LogP contribution in [0.4, 0.5) is 11.4 Å². The summed E-state index contributed by atoms with van der Waals surface area (Å²) in [6.07, 6.45) is 0. The van der Waals surface area contributed by atoms with Gasteiger partial charge in [0.15, 0.2) is 0 Å². The van der Waals surface area contributed by atoms with Crippen LogP contribution in [-0.4, -0.2) is 37.2 Å². The van der Waals surface area contributed by atoms with E-state index in [2.05, 4.69) is 86.3 Å². The van der Waals surface area contributed by atoms with Gasteiger partial charge in [0.25, 0.3) is 0 Å². The quantitative estimate of drug-likeness (QED) is 0.633. The number of halogens is 1. The monoisotopic (exact) mass is 376 g/mol. The summed E-state index contributed by atoms with van der Waals surface area (Å²) in [5.41, 5.74) is 2.55. The molecule has 0 radical (unpaired) electrons. The maximum atomic E-state index is 2.44. The Bertz CT molecular complexity index is 490. The minimum Gasteiger partial charge on any atom is -1.00 e. The van der Waals surface area contributed by atoms with Gasteiger partial charge in [0.05, 0.1) is 32.7 Å². The van der Waals surface area contributed by atoms with Gasteiger partial charge < -0.3 is 26.4 Å². The maximum absolute atomic E-state index is 2.44. The van der Waals surface area contributed by atoms with E-state index in [1.54, 1.807) is 0 Å². The van der Waals surface area contributed by atoms with E-state index in [4.69, 9.17) is 0 Å². The van der Waals surface area contributed by atoms with E-state index in [1.165, 1.54) is 42.0 Å². The van der Waals surface area contributed by atoms with E-state index in [0.29, 0.717) is 0 Å². The summed E-state index contributed by atoms with van der Waals surface area (Å²) in [6.45, 7) is 12.7. The number of quaternary nitrogens is 1. The van der Waals surface area contributed by atoms with Crippen LogP contribution in [0.25, 0.3) is 0 Å². The van der Waals surface area contributed by atoms with Crippen LogP contribution in [0.3, 0.4) is 0 Å². The van der Waals surface area contributed by atoms with Crippen molar-refractivity contribution in [3.8, 4) is 0 Å². The molecule has 0 heterocycles. The molecule has 0 amide bonds. The number of para-hydroxylation sites is 2. The van der Waals surface area contributed by atoms with Crippen molar-refractivity contribution in [3.63, 3.8) is 0 Å². The highest BCUT2D eigenvalue weighted by atomic mass is 79.9. The van der Waals surface area contributed by atoms with Crippen LogP contribution >= 0.6 is 0 Å². The van der Waals surface area contributed by atoms with Gasteiger partial charge in [0.2, 0.25) is 0 Å². The molecular weight excluding hydrogens is 348 g/mol. The van der Waals surface area contributed by atoms with Crippen LogP contribution in [-0.2, 0) is 0 Å². The van der Waals surface area contributed by atoms with E-state index in [9.17, 15) is 0 Å². The molecular formula is C20H29BrN2. The minimum absolute atomic E-state index is 0. The van der Waals surface area contributed by atoms with Crippen molar-refractivity contribution in [2.45, 2.75) is 20.8 Å². The van der Waals surface area contributed by atoms with Crippen molar-refractivity contribution in [3.05, 3.63) is 60.7 Å². The molecule has 0 bridgehead atoms. The summed E-state index contributed by atoms with van der Waals surface area (Å²) in [6, 6.07) is 21.4. The molecule has 0 aromatic heterocycles. The third-order valence-corrected chi connectivity index (χ3v) is 4.95. The molecule has 0 spiro atoms. The first-order chi connectivity index (χ1) is 10.7. The number of rotatable bonds is 8. The van der Waals surface area contributed by atoms with Gasteiger partial charge >= 0.3 is 0 Å². The van der Waals surface area contributed by atoms with Gasteiger partial charge in [-0.3, -0.25) is 0 Å². The maximum Gasteiger partial charge on any atom is 0.0968 e. The van der Waals surface area contributed by atoms with Crippen molar-refractivity contribution in [1.82, 2.24) is 0 Å². The predicted octanol–water partition coefficient (Wildman–Crippen LogP) is 1.71. The molecule has 0 fully saturated rings. The van der Waals surface area contributed by atoms with Crippen LogP contribution in [0.15, 0.2) is 60.7 Å². The Morgan fingerprint density at radius 1 is 0.696 bits per heavy atom. The molecule has 2 nitrogen and oxygen atoms in total. The summed E-state index contributed by atoms with van der Waals surface area (Å²) < 4.78 is 1.18. The van der Waals surface area contributed by atoms with Crippen molar-refractivity contribution in [1.29, 1.82) is 0 Å². The largest absolute Gasteiger partial charge is 1.00 e. The first-order valence-corrected chi connectivity index (χ1v) is 8.47. The molecule has 0 aliphatic rings. The van der Waals surface area contributed by atoms with Gasteiger partial charge in [-0.15, -0.1) is 0 Å². The molecule has 0 N–H and O–H groups in total. The minimum atomic E-state index is 0. The zero-order chi connectivity index (χ0) is 15.8. The van der Waals surface area contributed by atoms with E-state index >= 15 is 0 Å². The van der Waals surface area contributed by atoms with Crippen molar-refractivity contribution in [2.24, 2.45) is 0 Å². The second-order valence-electron chi connectivity index (χ2n) is 5.84. The van der Waals surface area contributed by atoms with Crippen molar-refractivity contribution < 1.29 is 21.5 Å². The zero-order valence-electron chi connectivity index (χ0n) is 14.6. The SMILES string of the molecule is CC[N+](CC)(CC)CCN(c1ccccc1)c1ccccc1.[Br-]. The van der Waals surface area contributed by atoms with Crippen LogP contribution in [0.1, 0.15) is 20.8 Å². The van der Waals surface area contributed by atoms with Gasteiger partial charge in [0.1, 0.15) is 0 Å². The van der Waals surface area contributed by atoms with Crippen LogP contribution < -0.4 is 21.9 Å². The van der Waals surface area contributed by atoms with Gasteiger partial charge in [-0.2, -0.15) is 0 Å². The zero-order valence-corrected chi connectivity index (χ0v) is 16.2. The number of nitrogens with zero attached hydrogens (tertiary/aromatic N) is 2. The Hall–Kier alpha value is -1.32. The normalized spacial score (nSPS) is 10.9. The van der Waals surface area contributed by atoms with E-state index in [1.807, 2.05) is 0 Å². The summed E-state index contributed by atoms with van der Waals surface area (Å²) in [4.78, 5) is 2.44. The first kappa shape index (κ1) is 19.7. The lowest BCUT2D eigenvalue weighted by Gasteiger charge is -2.38. The van der Waals surface area contributed by atoms with Crippen molar-refractivity contribution >= 4 is 11.4 Å². The second kappa shape index (κ2) is 9.74. The smallest absolute Gasteiger partial charge is 0.0968 e. The molecule has 126 valence electrons. The number of likely N-dealkylation sites (N-methyl/N-ethyl adjacent to an activating group) is 1. The average Bonchev–Trinajstić information content (AvgIpc) is 2.61. The lowest BCUT2D eigenvalue weighted by Crippen LogP contribution is -3.00. The third-order valence-electron chi connectivity index (χ3n) is 4.95. The van der Waals surface area contributed by atoms with Gasteiger partial charge in [-0.1, -0.05) is 36.4 Å². The Kier molecular flexibility index (Phi) is 8.35. The summed E-state index contributed by atoms with van der Waals surface area (Å²) >= 11 is 0. The second-order valence-corrected chi connectivity index (χ2v) is 5.84. The molecule has 0 aliphatic heterocycles. The molecule has 0 unspecified atom stereocenters. The Morgan fingerprint density at radius 3 is 1.43 bits per heavy atom. The fraction of sp³-hybridized carbons (Fsp3) is 0.400. The van der Waals surface area contributed by atoms with Crippen LogP contribution in [0.2, 0.25) is 0 Å². The average molecular weight is 377 g/mol. The summed E-state index contributed by atoms with van der Waals surface area (Å²) in [5.74, 6) is 0. The fourth-order valence-electron chi connectivity index (χ4n) is 3.08. The van der Waals surface area contributed by atoms with E-state index in [0.717, 1.165) is 6.54 Å². The van der Waals surface area contributed by atoms with E-state index < -0.39 is 0 Å². The summed E-state index contributed by atoms with van der Waals surface area (Å²) in [7, 11) is 0. The van der Waals surface area contributed by atoms with Gasteiger partial charge in [0, 0.05) is 11.4 Å². The predicted molar refractivity (Wildman–Crippen MR) is 96.6 cm³/mol. The van der Waals surface area contributed by atoms with Crippen LogP contribution in [0.5, 0.6) is 0 Å². The van der Waals surface area contributed by atoms with E-state index in [-0.39, 0.29) is 17.0 Å². The highest BCUT2D eigenvalue weighted by Crippen LogP contribution is 2.25. The highest BCUT2D eigenvalue weighted by Gasteiger charge is 2.22. The molecule has 2 aromatic rings. The molecule has 0 atom stereocenters. The fourth-order valence-corrected chi connectivity index (χ4v) is 3.08. The Balaban J connectivity index is 0.00000264.